The van der Waals surface area contributed by atoms with Gasteiger partial charge in [-0.25, -0.2) is 0 Å². The van der Waals surface area contributed by atoms with E-state index in [1.54, 1.807) is 11.8 Å². The Hall–Kier alpha value is -0.780. The molecule has 0 aliphatic carbocycles. The van der Waals surface area contributed by atoms with Crippen LogP contribution in [0, 0.1) is 0 Å². The van der Waals surface area contributed by atoms with Crippen LogP contribution in [-0.2, 0) is 0 Å². The summed E-state index contributed by atoms with van der Waals surface area (Å²) in [5, 5.41) is 3.57. The molecule has 1 aliphatic heterocycles. The zero-order valence-electron chi connectivity index (χ0n) is 10.8. The van der Waals surface area contributed by atoms with E-state index in [2.05, 4.69) is 35.5 Å². The van der Waals surface area contributed by atoms with Crippen molar-refractivity contribution in [2.24, 2.45) is 5.73 Å². The Labute approximate surface area is 118 Å². The Morgan fingerprint density at radius 3 is 2.89 bits per heavy atom. The molecule has 18 heavy (non-hydrogen) atoms. The number of likely N-dealkylation sites (tertiary alicyclic amines) is 1. The minimum absolute atomic E-state index is 0.466. The molecule has 2 rings (SSSR count). The zero-order chi connectivity index (χ0) is 13.1. The van der Waals surface area contributed by atoms with Gasteiger partial charge in [-0.05, 0) is 38.4 Å². The van der Waals surface area contributed by atoms with Crippen molar-refractivity contribution in [3.8, 4) is 0 Å². The van der Waals surface area contributed by atoms with Crippen LogP contribution in [0.25, 0.3) is 0 Å². The highest BCUT2D eigenvalue weighted by Crippen LogP contribution is 2.28. The number of rotatable bonds is 4. The van der Waals surface area contributed by atoms with E-state index < -0.39 is 0 Å². The van der Waals surface area contributed by atoms with Gasteiger partial charge in [0, 0.05) is 28.7 Å². The van der Waals surface area contributed by atoms with Crippen LogP contribution in [-0.4, -0.2) is 42.3 Å². The van der Waals surface area contributed by atoms with Gasteiger partial charge in [0.1, 0.15) is 4.99 Å². The van der Waals surface area contributed by atoms with E-state index in [9.17, 15) is 0 Å². The molecule has 1 aromatic rings. The average Bonchev–Trinajstić information content (AvgIpc) is 2.74. The lowest BCUT2D eigenvalue weighted by atomic mass is 10.1. The largest absolute Gasteiger partial charge is 0.389 e. The van der Waals surface area contributed by atoms with Crippen molar-refractivity contribution in [1.82, 2.24) is 4.90 Å². The number of thiocarbonyl (C=S) groups is 1. The predicted octanol–water partition coefficient (Wildman–Crippen LogP) is 2.16. The van der Waals surface area contributed by atoms with E-state index in [0.29, 0.717) is 11.0 Å². The molecule has 1 heterocycles. The lowest BCUT2D eigenvalue weighted by Crippen LogP contribution is -2.25. The topological polar surface area (TPSA) is 41.3 Å². The predicted molar refractivity (Wildman–Crippen MR) is 83.6 cm³/mol. The first-order valence-electron chi connectivity index (χ1n) is 6.03. The molecule has 3 nitrogen and oxygen atoms in total. The number of anilines is 1. The fraction of sp³-hybridized carbons (Fsp3) is 0.462. The Balaban J connectivity index is 2.24. The fourth-order valence-electron chi connectivity index (χ4n) is 2.35. The summed E-state index contributed by atoms with van der Waals surface area (Å²) in [7, 11) is 2.15. The number of nitrogens with zero attached hydrogens (tertiary/aromatic N) is 1. The second kappa shape index (κ2) is 5.91. The third-order valence-electron chi connectivity index (χ3n) is 3.24. The second-order valence-electron chi connectivity index (χ2n) is 4.64. The molecule has 3 N–H and O–H groups in total. The highest BCUT2D eigenvalue weighted by Gasteiger charge is 2.21. The maximum absolute atomic E-state index is 5.86. The van der Waals surface area contributed by atoms with Crippen LogP contribution >= 0.6 is 24.0 Å². The van der Waals surface area contributed by atoms with E-state index in [0.717, 1.165) is 35.7 Å². The molecule has 1 saturated heterocycles. The third kappa shape index (κ3) is 2.96. The number of hydrogen-bond donors (Lipinski definition) is 2. The van der Waals surface area contributed by atoms with Crippen molar-refractivity contribution in [3.63, 3.8) is 0 Å². The summed E-state index contributed by atoms with van der Waals surface area (Å²) in [5.41, 5.74) is 7.91. The summed E-state index contributed by atoms with van der Waals surface area (Å²) in [6.45, 7) is 2.21. The van der Waals surface area contributed by atoms with E-state index in [4.69, 9.17) is 18.0 Å². The molecule has 0 spiro atoms. The van der Waals surface area contributed by atoms with Crippen LogP contribution in [0.1, 0.15) is 12.0 Å². The van der Waals surface area contributed by atoms with Crippen molar-refractivity contribution in [2.45, 2.75) is 17.4 Å². The maximum Gasteiger partial charge on any atom is 0.107 e. The summed E-state index contributed by atoms with van der Waals surface area (Å²) in [5.74, 6) is 0. The van der Waals surface area contributed by atoms with Crippen molar-refractivity contribution < 1.29 is 0 Å². The summed E-state index contributed by atoms with van der Waals surface area (Å²) in [6.07, 6.45) is 3.21. The van der Waals surface area contributed by atoms with Crippen LogP contribution in [0.15, 0.2) is 23.1 Å². The summed E-state index contributed by atoms with van der Waals surface area (Å²) in [4.78, 5) is 3.93. The van der Waals surface area contributed by atoms with E-state index >= 15 is 0 Å². The van der Waals surface area contributed by atoms with Crippen molar-refractivity contribution in [2.75, 3.05) is 31.7 Å². The molecule has 0 aromatic heterocycles. The smallest absolute Gasteiger partial charge is 0.107 e. The molecule has 0 bridgehead atoms. The highest BCUT2D eigenvalue weighted by molar-refractivity contribution is 7.98. The Morgan fingerprint density at radius 2 is 2.33 bits per heavy atom. The maximum atomic E-state index is 5.86. The fourth-order valence-corrected chi connectivity index (χ4v) is 3.27. The van der Waals surface area contributed by atoms with Gasteiger partial charge >= 0.3 is 0 Å². The minimum Gasteiger partial charge on any atom is -0.389 e. The first kappa shape index (κ1) is 13.6. The van der Waals surface area contributed by atoms with Gasteiger partial charge in [-0.1, -0.05) is 18.3 Å². The molecule has 0 saturated carbocycles. The molecule has 1 aliphatic rings. The quantitative estimate of drug-likeness (QED) is 0.654. The standard InChI is InChI=1S/C13H19N3S2/c1-16-7-6-9(8-16)15-10-4-3-5-11(18-2)12(10)13(14)17/h3-5,9,15H,6-8H2,1-2H3,(H2,14,17). The first-order chi connectivity index (χ1) is 8.61. The van der Waals surface area contributed by atoms with E-state index in [1.807, 2.05) is 6.26 Å². The SMILES string of the molecule is CSc1cccc(NC2CCN(C)C2)c1C(N)=S. The van der Waals surface area contributed by atoms with E-state index in [-0.39, 0.29) is 0 Å². The Morgan fingerprint density at radius 1 is 1.56 bits per heavy atom. The lowest BCUT2D eigenvalue weighted by Gasteiger charge is -2.18. The van der Waals surface area contributed by atoms with Crippen LogP contribution in [0.3, 0.4) is 0 Å². The third-order valence-corrected chi connectivity index (χ3v) is 4.23. The van der Waals surface area contributed by atoms with Crippen LogP contribution < -0.4 is 11.1 Å². The Kier molecular flexibility index (Phi) is 4.48. The van der Waals surface area contributed by atoms with Gasteiger partial charge in [0.15, 0.2) is 0 Å². The molecule has 5 heteroatoms. The molecule has 1 aromatic carbocycles. The summed E-state index contributed by atoms with van der Waals surface area (Å²) < 4.78 is 0. The number of likely N-dealkylation sites (N-methyl/N-ethyl adjacent to an activating group) is 1. The normalized spacial score (nSPS) is 20.0. The summed E-state index contributed by atoms with van der Waals surface area (Å²) >= 11 is 6.86. The number of benzene rings is 1. The van der Waals surface area contributed by atoms with Crippen molar-refractivity contribution in [1.29, 1.82) is 0 Å². The number of hydrogen-bond acceptors (Lipinski definition) is 4. The van der Waals surface area contributed by atoms with Crippen molar-refractivity contribution in [3.05, 3.63) is 23.8 Å². The van der Waals surface area contributed by atoms with Gasteiger partial charge in [-0.3, -0.25) is 0 Å². The number of nitrogens with one attached hydrogen (secondary N) is 1. The Bertz CT molecular complexity index is 448. The molecular formula is C13H19N3S2. The molecule has 98 valence electrons. The van der Waals surface area contributed by atoms with Gasteiger partial charge in [-0.15, -0.1) is 11.8 Å². The average molecular weight is 281 g/mol. The van der Waals surface area contributed by atoms with Gasteiger partial charge in [0.2, 0.25) is 0 Å². The number of thioether (sulfide) groups is 1. The molecule has 0 amide bonds. The molecule has 1 unspecified atom stereocenters. The van der Waals surface area contributed by atoms with E-state index in [1.165, 1.54) is 0 Å². The van der Waals surface area contributed by atoms with Crippen LogP contribution in [0.5, 0.6) is 0 Å². The van der Waals surface area contributed by atoms with Gasteiger partial charge in [-0.2, -0.15) is 0 Å². The highest BCUT2D eigenvalue weighted by atomic mass is 32.2. The van der Waals surface area contributed by atoms with Crippen LogP contribution in [0.2, 0.25) is 0 Å². The van der Waals surface area contributed by atoms with Gasteiger partial charge in [0.05, 0.1) is 0 Å². The molecule has 0 radical (unpaired) electrons. The van der Waals surface area contributed by atoms with Crippen molar-refractivity contribution >= 4 is 34.7 Å². The van der Waals surface area contributed by atoms with Crippen LogP contribution in [0.4, 0.5) is 5.69 Å². The zero-order valence-corrected chi connectivity index (χ0v) is 12.4. The van der Waals surface area contributed by atoms with Gasteiger partial charge in [0.25, 0.3) is 0 Å². The molecule has 1 fully saturated rings. The molecular weight excluding hydrogens is 262 g/mol. The molecule has 1 atom stereocenters. The lowest BCUT2D eigenvalue weighted by molar-refractivity contribution is 0.414. The van der Waals surface area contributed by atoms with Gasteiger partial charge < -0.3 is 16.0 Å². The second-order valence-corrected chi connectivity index (χ2v) is 5.93. The first-order valence-corrected chi connectivity index (χ1v) is 7.67. The minimum atomic E-state index is 0.466. The monoisotopic (exact) mass is 281 g/mol. The summed E-state index contributed by atoms with van der Waals surface area (Å²) in [6, 6.07) is 6.66. The number of nitrogens with two attached hydrogens (primary N) is 1.